The second kappa shape index (κ2) is 34.8. The van der Waals surface area contributed by atoms with Crippen LogP contribution in [0, 0.1) is 22.7 Å². The molecule has 0 aliphatic carbocycles. The van der Waals surface area contributed by atoms with Crippen LogP contribution in [0.1, 0.15) is 11.1 Å². The van der Waals surface area contributed by atoms with Gasteiger partial charge in [-0.05, 0) is 169 Å². The summed E-state index contributed by atoms with van der Waals surface area (Å²) in [6, 6.07) is 170. The van der Waals surface area contributed by atoms with Gasteiger partial charge in [-0.3, -0.25) is 13.7 Å². The van der Waals surface area contributed by atoms with Gasteiger partial charge in [0.15, 0.2) is 23.3 Å². The van der Waals surface area contributed by atoms with Gasteiger partial charge >= 0.3 is 0 Å². The van der Waals surface area contributed by atoms with Crippen LogP contribution in [0.25, 0.3) is 245 Å². The zero-order valence-electron chi connectivity index (χ0n) is 76.3. The Morgan fingerprint density at radius 1 is 0.155 bits per heavy atom. The number of fused-ring (bicyclic) bond motifs is 18. The second-order valence-corrected chi connectivity index (χ2v) is 35.3. The largest absolute Gasteiger partial charge is 0.309 e. The highest BCUT2D eigenvalue weighted by Gasteiger charge is 2.26. The van der Waals surface area contributed by atoms with Crippen LogP contribution in [-0.2, 0) is 0 Å². The van der Waals surface area contributed by atoms with Gasteiger partial charge in [0, 0.05) is 127 Å². The minimum Gasteiger partial charge on any atom is -0.309 e. The summed E-state index contributed by atoms with van der Waals surface area (Å²) in [7, 11) is 0. The molecule has 28 aromatic rings. The van der Waals surface area contributed by atoms with Crippen molar-refractivity contribution in [3.8, 4) is 126 Å². The second-order valence-electron chi connectivity index (χ2n) is 35.3. The summed E-state index contributed by atoms with van der Waals surface area (Å²) in [6.45, 7) is 0. The lowest BCUT2D eigenvalue weighted by molar-refractivity contribution is 0.953. The number of hydrogen-bond donors (Lipinski definition) is 0. The fourth-order valence-electron chi connectivity index (χ4n) is 20.6. The topological polar surface area (TPSA) is 167 Å². The standard InChI is InChI=1S/C46H30N4.C41H25N5.C40H24N6/c1-4-14-31(15-5-1)40-30-45(48-46(47-40)32-16-6-2-7-17-32)50-42-23-13-11-21-37(42)39-29-34(25-27-44(39)50)33-24-26-43-38(28-33)36-20-10-12-22-41(36)49(43)35-18-8-3-9-19-35;42-26-27-18-20-28(21-19-27)35-25-40(44-41(43-35)29-10-2-1-3-11-29)46-38-17-9-6-14-33(38)34-24-30(22-23-39(34)46)45-36-15-7-4-12-31(36)32-13-5-8-16-37(32)45;41-25-26-18-20-28(21-19-26)39-42-38(27-10-2-1-3-11-27)43-40(44-39)46-36-17-9-6-14-32(36)33-24-29(22-23-37(33)46)45-34-15-7-4-12-30(34)31-13-5-8-16-35(31)45/h1-30H;1-25H;1-24H. The number of nitrogens with zero attached hydrogens (tertiary/aromatic N) is 15. The van der Waals surface area contributed by atoms with Gasteiger partial charge in [-0.25, -0.2) is 24.9 Å². The van der Waals surface area contributed by atoms with Crippen molar-refractivity contribution in [3.05, 3.63) is 490 Å². The zero-order chi connectivity index (χ0) is 94.2. The van der Waals surface area contributed by atoms with E-state index in [0.717, 1.165) is 128 Å². The first kappa shape index (κ1) is 82.8. The molecular formula is C127H79N15. The molecule has 9 heterocycles. The molecule has 28 rings (SSSR count). The van der Waals surface area contributed by atoms with Crippen molar-refractivity contribution in [2.45, 2.75) is 0 Å². The molecule has 19 aromatic carbocycles. The molecule has 662 valence electrons. The lowest BCUT2D eigenvalue weighted by atomic mass is 10.0. The monoisotopic (exact) mass is 1810 g/mol. The van der Waals surface area contributed by atoms with Crippen molar-refractivity contribution >= 4 is 131 Å². The zero-order valence-corrected chi connectivity index (χ0v) is 76.3. The third-order valence-corrected chi connectivity index (χ3v) is 27.1. The first-order valence-electron chi connectivity index (χ1n) is 47.3. The van der Waals surface area contributed by atoms with Crippen LogP contribution in [0.2, 0.25) is 0 Å². The van der Waals surface area contributed by atoms with E-state index in [9.17, 15) is 10.5 Å². The van der Waals surface area contributed by atoms with Crippen molar-refractivity contribution in [2.75, 3.05) is 0 Å². The molecule has 0 aliphatic heterocycles. The molecule has 142 heavy (non-hydrogen) atoms. The van der Waals surface area contributed by atoms with E-state index in [-0.39, 0.29) is 0 Å². The van der Waals surface area contributed by atoms with Gasteiger partial charge in [-0.1, -0.05) is 309 Å². The number of hydrogen-bond acceptors (Lipinski definition) is 9. The minimum atomic E-state index is 0.532. The Morgan fingerprint density at radius 2 is 0.394 bits per heavy atom. The Hall–Kier alpha value is -19.9. The van der Waals surface area contributed by atoms with Crippen molar-refractivity contribution in [1.82, 2.24) is 62.3 Å². The summed E-state index contributed by atoms with van der Waals surface area (Å²) < 4.78 is 13.7. The van der Waals surface area contributed by atoms with Crippen molar-refractivity contribution < 1.29 is 0 Å². The van der Waals surface area contributed by atoms with Crippen LogP contribution in [0.15, 0.2) is 479 Å². The lowest BCUT2D eigenvalue weighted by Gasteiger charge is -2.12. The summed E-state index contributed by atoms with van der Waals surface area (Å²) in [5, 5.41) is 33.0. The van der Waals surface area contributed by atoms with E-state index in [2.05, 4.69) is 373 Å². The molecule has 0 N–H and O–H groups in total. The third-order valence-electron chi connectivity index (χ3n) is 27.1. The maximum atomic E-state index is 9.37. The lowest BCUT2D eigenvalue weighted by Crippen LogP contribution is -2.06. The number of nitriles is 2. The molecule has 0 saturated heterocycles. The molecule has 15 nitrogen and oxygen atoms in total. The number of para-hydroxylation sites is 9. The Labute approximate surface area is 814 Å². The van der Waals surface area contributed by atoms with Gasteiger partial charge in [-0.2, -0.15) is 20.5 Å². The fraction of sp³-hybridized carbons (Fsp3) is 0. The van der Waals surface area contributed by atoms with Crippen molar-refractivity contribution in [1.29, 1.82) is 10.5 Å². The van der Waals surface area contributed by atoms with Gasteiger partial charge in [-0.15, -0.1) is 0 Å². The van der Waals surface area contributed by atoms with Gasteiger partial charge in [0.05, 0.1) is 101 Å². The molecule has 0 aliphatic rings. The highest BCUT2D eigenvalue weighted by molar-refractivity contribution is 6.17. The molecule has 0 saturated carbocycles. The van der Waals surface area contributed by atoms with Crippen LogP contribution in [-0.4, -0.2) is 62.3 Å². The van der Waals surface area contributed by atoms with Crippen molar-refractivity contribution in [3.63, 3.8) is 0 Å². The molecule has 9 aromatic heterocycles. The van der Waals surface area contributed by atoms with Gasteiger partial charge in [0.1, 0.15) is 11.6 Å². The fourth-order valence-corrected chi connectivity index (χ4v) is 20.6. The summed E-state index contributed by atoms with van der Waals surface area (Å²) in [5.74, 6) is 4.62. The molecule has 0 bridgehead atoms. The Kier molecular flexibility index (Phi) is 20.3. The predicted molar refractivity (Wildman–Crippen MR) is 577 cm³/mol. The molecular weight excluding hydrogens is 1740 g/mol. The molecule has 0 unspecified atom stereocenters. The first-order chi connectivity index (χ1) is 70.3. The Bertz CT molecular complexity index is 9400. The molecule has 0 fully saturated rings. The minimum absolute atomic E-state index is 0.532. The van der Waals surface area contributed by atoms with E-state index in [0.29, 0.717) is 40.4 Å². The third kappa shape index (κ3) is 14.4. The summed E-state index contributed by atoms with van der Waals surface area (Å²) >= 11 is 0. The normalized spacial score (nSPS) is 11.5. The SMILES string of the molecule is N#Cc1ccc(-c2cc(-n3c4ccccc4c4cc(-n5c6ccccc6c6ccccc65)ccc43)nc(-c3ccccc3)n2)cc1.N#Cc1ccc(-c2nc(-c3ccccc3)nc(-n3c4ccccc4c4cc(-n5c6ccccc6c6ccccc65)ccc43)n2)cc1.c1ccc(-c2cc(-n3c4ccccc4c4cc(-c5ccc6c(c5)c5ccccc5n6-c5ccccc5)ccc43)nc(-c3ccccc3)n2)cc1. The van der Waals surface area contributed by atoms with Gasteiger partial charge in [0.25, 0.3) is 0 Å². The Balaban J connectivity index is 0.000000109. The average molecular weight is 1820 g/mol. The number of benzene rings is 19. The van der Waals surface area contributed by atoms with Gasteiger partial charge in [0.2, 0.25) is 5.95 Å². The summed E-state index contributed by atoms with van der Waals surface area (Å²) in [5.41, 5.74) is 27.7. The van der Waals surface area contributed by atoms with E-state index < -0.39 is 0 Å². The quantitative estimate of drug-likeness (QED) is 0.109. The highest BCUT2D eigenvalue weighted by atomic mass is 15.2. The molecule has 0 atom stereocenters. The van der Waals surface area contributed by atoms with Crippen LogP contribution in [0.3, 0.4) is 0 Å². The maximum Gasteiger partial charge on any atom is 0.238 e. The molecule has 0 amide bonds. The highest BCUT2D eigenvalue weighted by Crippen LogP contribution is 2.44. The first-order valence-corrected chi connectivity index (χ1v) is 47.3. The average Bonchev–Trinajstić information content (AvgIpc) is 1.58. The van der Waals surface area contributed by atoms with E-state index in [1.165, 1.54) is 87.3 Å². The molecule has 0 spiro atoms. The smallest absolute Gasteiger partial charge is 0.238 e. The maximum absolute atomic E-state index is 9.37. The van der Waals surface area contributed by atoms with E-state index in [1.807, 2.05) is 133 Å². The van der Waals surface area contributed by atoms with Crippen molar-refractivity contribution in [2.24, 2.45) is 0 Å². The van der Waals surface area contributed by atoms with E-state index in [1.54, 1.807) is 12.1 Å². The van der Waals surface area contributed by atoms with Crippen LogP contribution < -0.4 is 0 Å². The predicted octanol–water partition coefficient (Wildman–Crippen LogP) is 30.8. The van der Waals surface area contributed by atoms with Crippen LogP contribution in [0.5, 0.6) is 0 Å². The summed E-state index contributed by atoms with van der Waals surface area (Å²) in [4.78, 5) is 35.3. The van der Waals surface area contributed by atoms with Gasteiger partial charge < -0.3 is 13.7 Å². The van der Waals surface area contributed by atoms with Crippen LogP contribution >= 0.6 is 0 Å². The van der Waals surface area contributed by atoms with E-state index in [4.69, 9.17) is 34.9 Å². The molecule has 0 radical (unpaired) electrons. The summed E-state index contributed by atoms with van der Waals surface area (Å²) in [6.07, 6.45) is 0. The molecule has 15 heteroatoms. The van der Waals surface area contributed by atoms with E-state index >= 15 is 0 Å². The number of rotatable bonds is 13. The van der Waals surface area contributed by atoms with Crippen LogP contribution in [0.4, 0.5) is 0 Å². The number of aromatic nitrogens is 13. The Morgan fingerprint density at radius 3 is 0.754 bits per heavy atom.